The van der Waals surface area contributed by atoms with Crippen molar-refractivity contribution in [1.82, 2.24) is 15.1 Å². The minimum absolute atomic E-state index is 0.00791. The van der Waals surface area contributed by atoms with E-state index in [0.29, 0.717) is 85.4 Å². The van der Waals surface area contributed by atoms with Crippen molar-refractivity contribution in [3.05, 3.63) is 126 Å². The van der Waals surface area contributed by atoms with Crippen LogP contribution in [0.3, 0.4) is 0 Å². The monoisotopic (exact) mass is 990 g/mol. The molecule has 382 valence electrons. The molecule has 1 aliphatic heterocycles. The highest BCUT2D eigenvalue weighted by molar-refractivity contribution is 6.78. The minimum Gasteiger partial charge on any atom is -0.489 e. The Morgan fingerprint density at radius 1 is 0.586 bits per heavy atom. The molecule has 0 bridgehead atoms. The molecule has 3 amide bonds. The first-order chi connectivity index (χ1) is 33.4. The Hall–Kier alpha value is -4.56. The van der Waals surface area contributed by atoms with Crippen molar-refractivity contribution in [3.63, 3.8) is 0 Å². The van der Waals surface area contributed by atoms with Crippen molar-refractivity contribution < 1.29 is 28.0 Å². The Balaban J connectivity index is 1.44. The lowest BCUT2D eigenvalue weighted by Crippen LogP contribution is -2.54. The van der Waals surface area contributed by atoms with Crippen LogP contribution in [-0.4, -0.2) is 89.1 Å². The predicted octanol–water partition coefficient (Wildman–Crippen LogP) is 13.2. The van der Waals surface area contributed by atoms with Crippen LogP contribution in [0.25, 0.3) is 10.8 Å². The van der Waals surface area contributed by atoms with Gasteiger partial charge >= 0.3 is 0 Å². The molecule has 11 heteroatoms. The van der Waals surface area contributed by atoms with Gasteiger partial charge in [-0.1, -0.05) is 180 Å². The van der Waals surface area contributed by atoms with Crippen LogP contribution in [0.4, 0.5) is 0 Å². The first-order valence-corrected chi connectivity index (χ1v) is 30.7. The van der Waals surface area contributed by atoms with Crippen LogP contribution in [0.1, 0.15) is 125 Å². The summed E-state index contributed by atoms with van der Waals surface area (Å²) in [5.41, 5.74) is 5.51. The molecule has 0 saturated heterocycles. The van der Waals surface area contributed by atoms with Gasteiger partial charge in [0, 0.05) is 38.9 Å². The van der Waals surface area contributed by atoms with Gasteiger partial charge in [0.05, 0.1) is 12.8 Å². The molecule has 2 atom stereocenters. The van der Waals surface area contributed by atoms with E-state index >= 15 is 4.79 Å². The van der Waals surface area contributed by atoms with E-state index in [0.717, 1.165) is 39.6 Å². The number of nitrogens with one attached hydrogen (secondary N) is 1. The van der Waals surface area contributed by atoms with Gasteiger partial charge in [-0.05, 0) is 98.5 Å². The largest absolute Gasteiger partial charge is 0.489 e. The molecule has 9 nitrogen and oxygen atoms in total. The number of rotatable bonds is 23. The topological polar surface area (TPSA) is 97.4 Å². The minimum atomic E-state index is -2.17. The predicted molar refractivity (Wildman–Crippen MR) is 294 cm³/mol. The van der Waals surface area contributed by atoms with E-state index in [1.807, 2.05) is 89.8 Å². The molecule has 70 heavy (non-hydrogen) atoms. The fourth-order valence-electron chi connectivity index (χ4n) is 11.7. The molecule has 0 radical (unpaired) electrons. The second-order valence-electron chi connectivity index (χ2n) is 21.6. The van der Waals surface area contributed by atoms with Crippen molar-refractivity contribution >= 4 is 45.1 Å². The second-order valence-corrected chi connectivity index (χ2v) is 32.5. The van der Waals surface area contributed by atoms with E-state index in [2.05, 4.69) is 113 Å². The highest BCUT2D eigenvalue weighted by Gasteiger charge is 2.46. The molecule has 0 fully saturated rings. The number of benzene rings is 4. The molecule has 1 N–H and O–H groups in total. The Kier molecular flexibility index (Phi) is 21.6. The van der Waals surface area contributed by atoms with Crippen LogP contribution < -0.4 is 10.1 Å². The number of amides is 3. The summed E-state index contributed by atoms with van der Waals surface area (Å²) in [7, 11) is -4.29. The smallest absolute Gasteiger partial charge is 0.243 e. The zero-order valence-electron chi connectivity index (χ0n) is 44.8. The summed E-state index contributed by atoms with van der Waals surface area (Å²) in [4.78, 5) is 47.9. The van der Waals surface area contributed by atoms with Gasteiger partial charge in [-0.2, -0.15) is 0 Å². The zero-order valence-corrected chi connectivity index (χ0v) is 46.8. The molecule has 1 aliphatic rings. The lowest BCUT2D eigenvalue weighted by atomic mass is 10.0. The van der Waals surface area contributed by atoms with Gasteiger partial charge in [0.15, 0.2) is 16.6 Å². The summed E-state index contributed by atoms with van der Waals surface area (Å²) in [5.74, 6) is 0.383. The second kappa shape index (κ2) is 26.8. The highest BCUT2D eigenvalue weighted by Crippen LogP contribution is 2.43. The van der Waals surface area contributed by atoms with Crippen molar-refractivity contribution in [3.8, 4) is 5.75 Å². The van der Waals surface area contributed by atoms with Crippen LogP contribution in [0.15, 0.2) is 109 Å². The average molecular weight is 991 g/mol. The molecule has 0 saturated carbocycles. The summed E-state index contributed by atoms with van der Waals surface area (Å²) >= 11 is 0. The quantitative estimate of drug-likeness (QED) is 0.0452. The maximum absolute atomic E-state index is 15.1. The van der Waals surface area contributed by atoms with Gasteiger partial charge in [-0.3, -0.25) is 14.4 Å². The van der Waals surface area contributed by atoms with Crippen LogP contribution in [0, 0.1) is 0 Å². The van der Waals surface area contributed by atoms with Crippen LogP contribution in [-0.2, 0) is 42.7 Å². The number of hydrogen-bond donors (Lipinski definition) is 1. The third-order valence-electron chi connectivity index (χ3n) is 15.1. The molecule has 0 aromatic heterocycles. The molecule has 4 aromatic rings. The first-order valence-electron chi connectivity index (χ1n) is 26.4. The van der Waals surface area contributed by atoms with E-state index in [9.17, 15) is 9.59 Å². The Morgan fingerprint density at radius 2 is 1.10 bits per heavy atom. The van der Waals surface area contributed by atoms with E-state index in [4.69, 9.17) is 13.6 Å². The van der Waals surface area contributed by atoms with E-state index in [1.165, 1.54) is 0 Å². The maximum atomic E-state index is 15.1. The number of ether oxygens (including phenoxy) is 1. The lowest BCUT2D eigenvalue weighted by Gasteiger charge is -2.42. The van der Waals surface area contributed by atoms with Crippen molar-refractivity contribution in [1.29, 1.82) is 0 Å². The molecule has 0 unspecified atom stereocenters. The number of carbonyl (C=O) groups excluding carboxylic acids is 3. The third-order valence-corrected chi connectivity index (χ3v) is 27.3. The van der Waals surface area contributed by atoms with Crippen molar-refractivity contribution in [2.24, 2.45) is 0 Å². The highest BCUT2D eigenvalue weighted by atomic mass is 28.4. The zero-order chi connectivity index (χ0) is 51.0. The molecule has 4 aromatic carbocycles. The fourth-order valence-corrected chi connectivity index (χ4v) is 22.7. The van der Waals surface area contributed by atoms with E-state index < -0.39 is 22.7 Å². The Morgan fingerprint density at radius 3 is 1.69 bits per heavy atom. The average Bonchev–Trinajstić information content (AvgIpc) is 3.34. The SMILES string of the molecule is CC(C)[Si](OCCC[C@@H]1CN(C(=O)Cc2ccc3ccccc3c2)C/C=C/CN(C(=O)Cc2ccc(OCc3ccccc3)cc2)[C@H](CCCO[Si](C(C)C)(C(C)C)C(C)C)C(=O)N1)(C(C)C)C(C)C. The standard InChI is InChI=1S/C59H87N3O6Si2/c1-43(2)69(44(3)4,45(5)6)67-36-20-26-54-41-61(57(63)40-51-28-31-52-24-16-17-25-53(52)38-51)34-18-19-35-62(56(59(65)60-54)27-21-37-68-70(46(7)8,47(9)10)48(11)12)58(64)39-49-29-32-55(33-30-49)66-42-50-22-14-13-15-23-50/h13-19,22-25,28-33,38,43-48,54,56H,20-21,26-27,34-37,39-42H2,1-12H3,(H,60,65)/b19-18+/t54-,56-/m1/s1. The van der Waals surface area contributed by atoms with Gasteiger partial charge in [0.1, 0.15) is 18.4 Å². The number of carbonyl (C=O) groups is 3. The van der Waals surface area contributed by atoms with Gasteiger partial charge in [-0.25, -0.2) is 0 Å². The number of hydrogen-bond acceptors (Lipinski definition) is 6. The fraction of sp³-hybridized carbons (Fsp3) is 0.542. The van der Waals surface area contributed by atoms with Gasteiger partial charge < -0.3 is 28.7 Å². The van der Waals surface area contributed by atoms with Gasteiger partial charge in [0.25, 0.3) is 0 Å². The van der Waals surface area contributed by atoms with Crippen LogP contribution >= 0.6 is 0 Å². The summed E-state index contributed by atoms with van der Waals surface area (Å²) in [6.45, 7) is 30.0. The van der Waals surface area contributed by atoms with E-state index in [1.54, 1.807) is 4.90 Å². The molecule has 1 heterocycles. The molecular weight excluding hydrogens is 903 g/mol. The lowest BCUT2D eigenvalue weighted by molar-refractivity contribution is -0.140. The normalized spacial score (nSPS) is 17.0. The molecule has 0 spiro atoms. The molecular formula is C59H87N3O6Si2. The summed E-state index contributed by atoms with van der Waals surface area (Å²) < 4.78 is 20.1. The van der Waals surface area contributed by atoms with Crippen molar-refractivity contribution in [2.75, 3.05) is 32.8 Å². The maximum Gasteiger partial charge on any atom is 0.243 e. The Bertz CT molecular complexity index is 2230. The van der Waals surface area contributed by atoms with Crippen molar-refractivity contribution in [2.45, 2.75) is 174 Å². The van der Waals surface area contributed by atoms with Crippen LogP contribution in [0.2, 0.25) is 33.2 Å². The summed E-state index contributed by atoms with van der Waals surface area (Å²) in [6, 6.07) is 31.0. The molecule has 0 aliphatic carbocycles. The first kappa shape index (κ1) is 56.4. The Labute approximate surface area is 424 Å². The van der Waals surface area contributed by atoms with Gasteiger partial charge in [0.2, 0.25) is 17.7 Å². The summed E-state index contributed by atoms with van der Waals surface area (Å²) in [6.07, 6.45) is 6.75. The number of nitrogens with zero attached hydrogens (tertiary/aromatic N) is 2. The van der Waals surface area contributed by atoms with E-state index in [-0.39, 0.29) is 43.1 Å². The number of fused-ring (bicyclic) bond motifs is 1. The third kappa shape index (κ3) is 14.8. The molecule has 5 rings (SSSR count). The summed E-state index contributed by atoms with van der Waals surface area (Å²) in [5, 5.41) is 5.68. The van der Waals surface area contributed by atoms with Crippen LogP contribution in [0.5, 0.6) is 5.75 Å². The van der Waals surface area contributed by atoms with Gasteiger partial charge in [-0.15, -0.1) is 0 Å².